The van der Waals surface area contributed by atoms with Gasteiger partial charge >= 0.3 is 0 Å². The fraction of sp³-hybridized carbons (Fsp3) is 0.850. The second-order valence-corrected chi connectivity index (χ2v) is 9.19. The normalized spacial score (nSPS) is 52.5. The maximum Gasteiger partial charge on any atom is 0.139 e. The molecule has 4 aliphatic rings. The van der Waals surface area contributed by atoms with Crippen LogP contribution in [0.25, 0.3) is 0 Å². The molecule has 4 rings (SSSR count). The molecule has 0 N–H and O–H groups in total. The van der Waals surface area contributed by atoms with Crippen molar-refractivity contribution in [3.63, 3.8) is 0 Å². The molecule has 0 heterocycles. The van der Waals surface area contributed by atoms with Gasteiger partial charge in [-0.3, -0.25) is 9.59 Å². The molecule has 0 aromatic rings. The molecule has 0 amide bonds. The maximum absolute atomic E-state index is 12.9. The highest BCUT2D eigenvalue weighted by molar-refractivity contribution is 5.88. The molecule has 4 fully saturated rings. The quantitative estimate of drug-likeness (QED) is 0.695. The number of hydrogen-bond acceptors (Lipinski definition) is 3. The van der Waals surface area contributed by atoms with Gasteiger partial charge in [0.25, 0.3) is 0 Å². The highest BCUT2D eigenvalue weighted by Gasteiger charge is 2.62. The van der Waals surface area contributed by atoms with Gasteiger partial charge in [-0.1, -0.05) is 13.8 Å². The van der Waals surface area contributed by atoms with Crippen molar-refractivity contribution in [3.8, 4) is 0 Å². The highest BCUT2D eigenvalue weighted by atomic mass is 16.1. The number of aldehydes is 1. The van der Waals surface area contributed by atoms with Crippen LogP contribution < -0.4 is 0 Å². The fourth-order valence-electron chi connectivity index (χ4n) is 6.96. The molecular weight excluding hydrogens is 288 g/mol. The smallest absolute Gasteiger partial charge is 0.139 e. The lowest BCUT2D eigenvalue weighted by molar-refractivity contribution is -0.158. The molecule has 0 radical (unpaired) electrons. The van der Waals surface area contributed by atoms with Crippen LogP contribution in [-0.4, -0.2) is 17.9 Å². The van der Waals surface area contributed by atoms with E-state index in [1.54, 1.807) is 0 Å². The van der Waals surface area contributed by atoms with Crippen LogP contribution in [-0.2, 0) is 14.4 Å². The Bertz CT molecular complexity index is 567. The Balaban J connectivity index is 1.67. The van der Waals surface area contributed by atoms with Crippen LogP contribution >= 0.6 is 0 Å². The minimum Gasteiger partial charge on any atom is -0.303 e. The van der Waals surface area contributed by atoms with E-state index >= 15 is 0 Å². The molecule has 126 valence electrons. The van der Waals surface area contributed by atoms with E-state index in [0.29, 0.717) is 42.2 Å². The lowest BCUT2D eigenvalue weighted by atomic mass is 9.44. The minimum atomic E-state index is -0.162. The van der Waals surface area contributed by atoms with Crippen molar-refractivity contribution >= 4 is 17.9 Å². The molecule has 0 aromatic heterocycles. The SMILES string of the molecule is C[C@]12CCC(C=O)CC1C(=O)C[C@@H]1[C@H]2CC[C@]2(C)C(=O)CC[C@@H]12. The second-order valence-electron chi connectivity index (χ2n) is 9.19. The van der Waals surface area contributed by atoms with Gasteiger partial charge in [0.1, 0.15) is 17.9 Å². The highest BCUT2D eigenvalue weighted by Crippen LogP contribution is 2.64. The number of carbonyl (C=O) groups is 3. The third-order valence-electron chi connectivity index (χ3n) is 8.40. The molecule has 3 nitrogen and oxygen atoms in total. The van der Waals surface area contributed by atoms with Gasteiger partial charge in [0, 0.05) is 30.1 Å². The molecule has 0 spiro atoms. The average molecular weight is 316 g/mol. The van der Waals surface area contributed by atoms with Crippen molar-refractivity contribution < 1.29 is 14.4 Å². The molecule has 0 saturated heterocycles. The molecule has 0 aliphatic heterocycles. The predicted octanol–water partition coefficient (Wildman–Crippen LogP) is 3.59. The van der Waals surface area contributed by atoms with Crippen LogP contribution in [0.2, 0.25) is 0 Å². The van der Waals surface area contributed by atoms with Gasteiger partial charge in [-0.25, -0.2) is 0 Å². The van der Waals surface area contributed by atoms with Gasteiger partial charge in [0.05, 0.1) is 0 Å². The van der Waals surface area contributed by atoms with Crippen LogP contribution in [0.1, 0.15) is 65.2 Å². The molecule has 0 bridgehead atoms. The molecule has 3 heteroatoms. The van der Waals surface area contributed by atoms with Gasteiger partial charge < -0.3 is 4.79 Å². The Morgan fingerprint density at radius 2 is 1.83 bits per heavy atom. The van der Waals surface area contributed by atoms with Gasteiger partial charge in [-0.15, -0.1) is 0 Å². The largest absolute Gasteiger partial charge is 0.303 e. The van der Waals surface area contributed by atoms with Crippen molar-refractivity contribution in [1.29, 1.82) is 0 Å². The number of fused-ring (bicyclic) bond motifs is 5. The summed E-state index contributed by atoms with van der Waals surface area (Å²) in [6.45, 7) is 4.47. The summed E-state index contributed by atoms with van der Waals surface area (Å²) in [6, 6.07) is 0. The first-order valence-electron chi connectivity index (χ1n) is 9.41. The Morgan fingerprint density at radius 1 is 1.04 bits per heavy atom. The van der Waals surface area contributed by atoms with E-state index in [-0.39, 0.29) is 22.7 Å². The molecule has 7 atom stereocenters. The Hall–Kier alpha value is -0.990. The molecule has 4 aliphatic carbocycles. The third kappa shape index (κ3) is 1.97. The summed E-state index contributed by atoms with van der Waals surface area (Å²) in [5.41, 5.74) is -0.100. The number of carbonyl (C=O) groups excluding carboxylic acids is 3. The summed E-state index contributed by atoms with van der Waals surface area (Å²) in [4.78, 5) is 36.5. The zero-order chi connectivity index (χ0) is 16.4. The van der Waals surface area contributed by atoms with E-state index < -0.39 is 0 Å². The number of ketones is 2. The maximum atomic E-state index is 12.9. The standard InChI is InChI=1S/C20H28O3/c1-19-7-5-12(11-21)9-16(19)17(22)10-13-14-3-4-18(23)20(14,2)8-6-15(13)19/h11-16H,3-10H2,1-2H3/t12?,13-,14-,15+,16?,19+,20-/m0/s1. The first kappa shape index (κ1) is 15.5. The van der Waals surface area contributed by atoms with E-state index in [0.717, 1.165) is 44.8 Å². The van der Waals surface area contributed by atoms with Crippen molar-refractivity contribution in [1.82, 2.24) is 0 Å². The zero-order valence-electron chi connectivity index (χ0n) is 14.3. The fourth-order valence-corrected chi connectivity index (χ4v) is 6.96. The summed E-state index contributed by atoms with van der Waals surface area (Å²) in [5.74, 6) is 2.36. The van der Waals surface area contributed by atoms with Gasteiger partial charge in [0.2, 0.25) is 0 Å². The van der Waals surface area contributed by atoms with Crippen molar-refractivity contribution in [2.75, 3.05) is 0 Å². The number of Topliss-reactive ketones (excluding diaryl/α,β-unsaturated/α-hetero) is 2. The van der Waals surface area contributed by atoms with Crippen LogP contribution in [0.4, 0.5) is 0 Å². The Labute approximate surface area is 138 Å². The van der Waals surface area contributed by atoms with E-state index in [9.17, 15) is 14.4 Å². The summed E-state index contributed by atoms with van der Waals surface area (Å²) in [5, 5.41) is 0. The molecule has 2 unspecified atom stereocenters. The summed E-state index contributed by atoms with van der Waals surface area (Å²) in [6.07, 6.45) is 8.23. The average Bonchev–Trinajstić information content (AvgIpc) is 2.83. The van der Waals surface area contributed by atoms with Gasteiger partial charge in [-0.2, -0.15) is 0 Å². The topological polar surface area (TPSA) is 51.2 Å². The van der Waals surface area contributed by atoms with Crippen molar-refractivity contribution in [3.05, 3.63) is 0 Å². The van der Waals surface area contributed by atoms with Gasteiger partial charge in [0.15, 0.2) is 0 Å². The van der Waals surface area contributed by atoms with E-state index in [1.165, 1.54) is 0 Å². The molecular formula is C20H28O3. The Kier molecular flexibility index (Phi) is 3.38. The number of hydrogen-bond donors (Lipinski definition) is 0. The first-order valence-corrected chi connectivity index (χ1v) is 9.41. The molecule has 0 aromatic carbocycles. The summed E-state index contributed by atoms with van der Waals surface area (Å²) < 4.78 is 0. The predicted molar refractivity (Wildman–Crippen MR) is 86.7 cm³/mol. The molecule has 23 heavy (non-hydrogen) atoms. The third-order valence-corrected chi connectivity index (χ3v) is 8.40. The minimum absolute atomic E-state index is 0.0620. The van der Waals surface area contributed by atoms with Crippen LogP contribution in [0, 0.1) is 40.4 Å². The first-order chi connectivity index (χ1) is 10.9. The molecule has 4 saturated carbocycles. The van der Waals surface area contributed by atoms with Crippen molar-refractivity contribution in [2.45, 2.75) is 65.2 Å². The summed E-state index contributed by atoms with van der Waals surface area (Å²) >= 11 is 0. The van der Waals surface area contributed by atoms with Crippen LogP contribution in [0.5, 0.6) is 0 Å². The monoisotopic (exact) mass is 316 g/mol. The van der Waals surface area contributed by atoms with Crippen molar-refractivity contribution in [2.24, 2.45) is 40.4 Å². The van der Waals surface area contributed by atoms with Crippen LogP contribution in [0.15, 0.2) is 0 Å². The van der Waals surface area contributed by atoms with E-state index in [4.69, 9.17) is 0 Å². The lowest BCUT2D eigenvalue weighted by Crippen LogP contribution is -2.56. The lowest BCUT2D eigenvalue weighted by Gasteiger charge is -2.59. The van der Waals surface area contributed by atoms with Gasteiger partial charge in [-0.05, 0) is 61.7 Å². The zero-order valence-corrected chi connectivity index (χ0v) is 14.3. The van der Waals surface area contributed by atoms with E-state index in [1.807, 2.05) is 0 Å². The van der Waals surface area contributed by atoms with Crippen LogP contribution in [0.3, 0.4) is 0 Å². The number of rotatable bonds is 1. The summed E-state index contributed by atoms with van der Waals surface area (Å²) in [7, 11) is 0. The second kappa shape index (κ2) is 5.00. The van der Waals surface area contributed by atoms with E-state index in [2.05, 4.69) is 13.8 Å². The Morgan fingerprint density at radius 3 is 2.57 bits per heavy atom.